The van der Waals surface area contributed by atoms with Crippen molar-refractivity contribution in [2.45, 2.75) is 24.9 Å². The molecular formula is C15H17BrF3N5O3S. The molecule has 0 bridgehead atoms. The largest absolute Gasteiger partial charge is 0.474 e. The highest BCUT2D eigenvalue weighted by Gasteiger charge is 2.39. The van der Waals surface area contributed by atoms with Gasteiger partial charge in [0.25, 0.3) is 0 Å². The van der Waals surface area contributed by atoms with E-state index in [1.165, 1.54) is 10.7 Å². The first-order valence-corrected chi connectivity index (χ1v) is 11.0. The normalized spacial score (nSPS) is 20.2. The first-order valence-electron chi connectivity index (χ1n) is 8.16. The van der Waals surface area contributed by atoms with Crippen LogP contribution in [0.2, 0.25) is 0 Å². The molecule has 0 radical (unpaired) electrons. The predicted molar refractivity (Wildman–Crippen MR) is 99.6 cm³/mol. The molecule has 2 aromatic heterocycles. The maximum absolute atomic E-state index is 12.6. The first-order chi connectivity index (χ1) is 13.0. The average Bonchev–Trinajstić information content (AvgIpc) is 2.95. The summed E-state index contributed by atoms with van der Waals surface area (Å²) in [5, 5.41) is 4.13. The number of anilines is 1. The molecule has 154 valence electrons. The number of carbonyl (C=O) groups excluding carboxylic acids is 1. The van der Waals surface area contributed by atoms with Crippen molar-refractivity contribution in [2.75, 3.05) is 30.9 Å². The summed E-state index contributed by atoms with van der Waals surface area (Å²) in [4.78, 5) is 17.7. The van der Waals surface area contributed by atoms with Crippen LogP contribution >= 0.6 is 15.9 Å². The van der Waals surface area contributed by atoms with Crippen molar-refractivity contribution in [3.63, 3.8) is 0 Å². The van der Waals surface area contributed by atoms with Crippen LogP contribution in [0.15, 0.2) is 21.1 Å². The standard InChI is InChI=1S/C15H17BrF3N5O3S/c1-9-7-27-4-3-23(9)12-5-10(24-13(21-12)11(16)6-20-24)8-28(2,26)22-14(25)15(17,18)19/h5-6,9H,3-4,7-8H2,1-2H3/t9-,28?/m1/s1. The van der Waals surface area contributed by atoms with Gasteiger partial charge in [-0.05, 0) is 22.9 Å². The molecule has 1 saturated heterocycles. The van der Waals surface area contributed by atoms with Gasteiger partial charge in [0.15, 0.2) is 5.65 Å². The molecular weight excluding hydrogens is 467 g/mol. The lowest BCUT2D eigenvalue weighted by molar-refractivity contribution is -0.169. The topological polar surface area (TPSA) is 89.2 Å². The second kappa shape index (κ2) is 7.59. The van der Waals surface area contributed by atoms with Crippen molar-refractivity contribution in [3.8, 4) is 0 Å². The van der Waals surface area contributed by atoms with Crippen molar-refractivity contribution in [1.29, 1.82) is 0 Å². The van der Waals surface area contributed by atoms with Crippen LogP contribution in [0.3, 0.4) is 0 Å². The highest BCUT2D eigenvalue weighted by molar-refractivity contribution is 9.10. The van der Waals surface area contributed by atoms with Gasteiger partial charge in [0, 0.05) is 18.9 Å². The molecule has 1 aliphatic rings. The van der Waals surface area contributed by atoms with Gasteiger partial charge in [0.2, 0.25) is 0 Å². The van der Waals surface area contributed by atoms with Crippen molar-refractivity contribution >= 4 is 43.0 Å². The van der Waals surface area contributed by atoms with Crippen LogP contribution in [-0.4, -0.2) is 62.9 Å². The Bertz CT molecular complexity index is 1030. The number of carbonyl (C=O) groups is 1. The van der Waals surface area contributed by atoms with Gasteiger partial charge in [-0.25, -0.2) is 13.7 Å². The lowest BCUT2D eigenvalue weighted by Gasteiger charge is -2.34. The summed E-state index contributed by atoms with van der Waals surface area (Å²) in [5.41, 5.74) is 0.749. The SMILES string of the molecule is C[C@@H]1COCCN1c1cc(CS(C)(=O)=NC(=O)C(F)(F)F)n2ncc(Br)c2n1. The van der Waals surface area contributed by atoms with Gasteiger partial charge in [-0.15, -0.1) is 0 Å². The second-order valence-electron chi connectivity index (χ2n) is 6.45. The number of morpholine rings is 1. The van der Waals surface area contributed by atoms with Crippen molar-refractivity contribution < 1.29 is 26.9 Å². The molecule has 0 saturated carbocycles. The molecule has 28 heavy (non-hydrogen) atoms. The number of amides is 1. The molecule has 13 heteroatoms. The molecule has 2 aromatic rings. The minimum Gasteiger partial charge on any atom is -0.377 e. The molecule has 1 amide bonds. The molecule has 8 nitrogen and oxygen atoms in total. The Labute approximate surface area is 167 Å². The van der Waals surface area contributed by atoms with E-state index in [2.05, 4.69) is 30.4 Å². The van der Waals surface area contributed by atoms with E-state index in [1.807, 2.05) is 11.8 Å². The third-order valence-electron chi connectivity index (χ3n) is 4.09. The van der Waals surface area contributed by atoms with Gasteiger partial charge in [-0.2, -0.15) is 22.6 Å². The monoisotopic (exact) mass is 483 g/mol. The number of alkyl halides is 3. The number of halogens is 4. The van der Waals surface area contributed by atoms with E-state index in [0.29, 0.717) is 41.4 Å². The number of ether oxygens (including phenoxy) is 1. The summed E-state index contributed by atoms with van der Waals surface area (Å²) in [6.45, 7) is 3.54. The van der Waals surface area contributed by atoms with Gasteiger partial charge in [-0.1, -0.05) is 0 Å². The molecule has 2 atom stereocenters. The lowest BCUT2D eigenvalue weighted by Crippen LogP contribution is -2.44. The van der Waals surface area contributed by atoms with Crippen molar-refractivity contribution in [3.05, 3.63) is 22.4 Å². The van der Waals surface area contributed by atoms with Gasteiger partial charge in [0.05, 0.1) is 51.1 Å². The zero-order valence-electron chi connectivity index (χ0n) is 14.9. The Morgan fingerprint density at radius 2 is 2.21 bits per heavy atom. The fourth-order valence-electron chi connectivity index (χ4n) is 2.84. The molecule has 3 rings (SSSR count). The molecule has 1 fully saturated rings. The van der Waals surface area contributed by atoms with E-state index in [9.17, 15) is 22.2 Å². The predicted octanol–water partition coefficient (Wildman–Crippen LogP) is 2.40. The maximum Gasteiger partial charge on any atom is 0.474 e. The zero-order valence-corrected chi connectivity index (χ0v) is 17.3. The van der Waals surface area contributed by atoms with Crippen LogP contribution in [0.4, 0.5) is 19.0 Å². The van der Waals surface area contributed by atoms with Crippen LogP contribution in [0.1, 0.15) is 12.6 Å². The first kappa shape index (κ1) is 21.0. The van der Waals surface area contributed by atoms with Gasteiger partial charge in [-0.3, -0.25) is 4.79 Å². The van der Waals surface area contributed by atoms with E-state index in [-0.39, 0.29) is 6.04 Å². The third kappa shape index (κ3) is 4.46. The summed E-state index contributed by atoms with van der Waals surface area (Å²) in [6, 6.07) is 1.63. The van der Waals surface area contributed by atoms with E-state index in [0.717, 1.165) is 6.26 Å². The molecule has 1 unspecified atom stereocenters. The van der Waals surface area contributed by atoms with Crippen LogP contribution in [0.25, 0.3) is 5.65 Å². The third-order valence-corrected chi connectivity index (χ3v) is 6.03. The highest BCUT2D eigenvalue weighted by Crippen LogP contribution is 2.26. The summed E-state index contributed by atoms with van der Waals surface area (Å²) in [5.74, 6) is -2.21. The maximum atomic E-state index is 12.6. The fourth-order valence-corrected chi connectivity index (χ4v) is 4.46. The summed E-state index contributed by atoms with van der Waals surface area (Å²) in [6.07, 6.45) is -2.68. The smallest absolute Gasteiger partial charge is 0.377 e. The Morgan fingerprint density at radius 3 is 2.86 bits per heavy atom. The number of aromatic nitrogens is 3. The van der Waals surface area contributed by atoms with E-state index >= 15 is 0 Å². The zero-order chi connectivity index (χ0) is 20.7. The molecule has 0 N–H and O–H groups in total. The van der Waals surface area contributed by atoms with Crippen molar-refractivity contribution in [2.24, 2.45) is 4.36 Å². The van der Waals surface area contributed by atoms with E-state index in [1.54, 1.807) is 6.07 Å². The molecule has 3 heterocycles. The van der Waals surface area contributed by atoms with Gasteiger partial charge >= 0.3 is 12.1 Å². The molecule has 0 aromatic carbocycles. The molecule has 0 aliphatic carbocycles. The van der Waals surface area contributed by atoms with E-state index in [4.69, 9.17) is 4.74 Å². The average molecular weight is 484 g/mol. The Kier molecular flexibility index (Phi) is 5.69. The van der Waals surface area contributed by atoms with Crippen LogP contribution in [0, 0.1) is 0 Å². The molecule has 0 spiro atoms. The molecule has 1 aliphatic heterocycles. The minimum atomic E-state index is -5.17. The quantitative estimate of drug-likeness (QED) is 0.665. The second-order valence-corrected chi connectivity index (χ2v) is 9.69. The number of rotatable bonds is 3. The fraction of sp³-hybridized carbons (Fsp3) is 0.533. The Hall–Kier alpha value is -1.73. The van der Waals surface area contributed by atoms with Gasteiger partial charge < -0.3 is 9.64 Å². The summed E-state index contributed by atoms with van der Waals surface area (Å²) in [7, 11) is -3.50. The van der Waals surface area contributed by atoms with Crippen LogP contribution < -0.4 is 4.90 Å². The number of nitrogens with zero attached hydrogens (tertiary/aromatic N) is 5. The minimum absolute atomic E-state index is 0.0284. The van der Waals surface area contributed by atoms with Crippen molar-refractivity contribution in [1.82, 2.24) is 14.6 Å². The Morgan fingerprint density at radius 1 is 1.50 bits per heavy atom. The van der Waals surface area contributed by atoms with Crippen LogP contribution in [0.5, 0.6) is 0 Å². The van der Waals surface area contributed by atoms with Crippen LogP contribution in [-0.2, 0) is 25.0 Å². The number of fused-ring (bicyclic) bond motifs is 1. The number of hydrogen-bond donors (Lipinski definition) is 0. The lowest BCUT2D eigenvalue weighted by atomic mass is 10.2. The Balaban J connectivity index is 2.06. The highest BCUT2D eigenvalue weighted by atomic mass is 79.9. The summed E-state index contributed by atoms with van der Waals surface area (Å²) >= 11 is 3.33. The summed E-state index contributed by atoms with van der Waals surface area (Å²) < 4.78 is 60.4. The van der Waals surface area contributed by atoms with Gasteiger partial charge in [0.1, 0.15) is 5.82 Å². The number of hydrogen-bond acceptors (Lipinski definition) is 6. The van der Waals surface area contributed by atoms with E-state index < -0.39 is 27.6 Å².